The van der Waals surface area contributed by atoms with Crippen LogP contribution in [-0.4, -0.2) is 4.57 Å². The Kier molecular flexibility index (Phi) is 3.20. The van der Waals surface area contributed by atoms with Crippen molar-refractivity contribution in [3.63, 3.8) is 0 Å². The maximum atomic E-state index is 13.0. The quantitative estimate of drug-likeness (QED) is 0.736. The van der Waals surface area contributed by atoms with E-state index in [0.29, 0.717) is 0 Å². The highest BCUT2D eigenvalue weighted by Gasteiger charge is 2.33. The van der Waals surface area contributed by atoms with Crippen LogP contribution in [0.1, 0.15) is 31.0 Å². The summed E-state index contributed by atoms with van der Waals surface area (Å²) in [6, 6.07) is 9.24. The zero-order valence-corrected chi connectivity index (χ0v) is 10.2. The van der Waals surface area contributed by atoms with Gasteiger partial charge < -0.3 is 4.57 Å². The Hall–Kier alpha value is -1.71. The van der Waals surface area contributed by atoms with Gasteiger partial charge in [0.25, 0.3) is 0 Å². The van der Waals surface area contributed by atoms with Gasteiger partial charge in [0.05, 0.1) is 11.3 Å². The lowest BCUT2D eigenvalue weighted by atomic mass is 10.1. The van der Waals surface area contributed by atoms with Crippen LogP contribution in [0, 0.1) is 0 Å². The monoisotopic (exact) mass is 253 g/mol. The van der Waals surface area contributed by atoms with Crippen LogP contribution >= 0.6 is 0 Å². The van der Waals surface area contributed by atoms with Crippen molar-refractivity contribution in [1.82, 2.24) is 4.57 Å². The van der Waals surface area contributed by atoms with E-state index >= 15 is 0 Å². The Morgan fingerprint density at radius 2 is 1.67 bits per heavy atom. The normalized spacial score (nSPS) is 12.1. The van der Waals surface area contributed by atoms with Gasteiger partial charge in [0.15, 0.2) is 0 Å². The number of nitrogens with zero attached hydrogens (tertiary/aromatic N) is 1. The van der Waals surface area contributed by atoms with Crippen LogP contribution in [0.15, 0.2) is 42.6 Å². The van der Waals surface area contributed by atoms with Crippen molar-refractivity contribution in [2.24, 2.45) is 0 Å². The Morgan fingerprint density at radius 3 is 2.28 bits per heavy atom. The molecule has 0 atom stereocenters. The average molecular weight is 253 g/mol. The highest BCUT2D eigenvalue weighted by atomic mass is 19.4. The van der Waals surface area contributed by atoms with Crippen LogP contribution in [0.5, 0.6) is 0 Å². The van der Waals surface area contributed by atoms with Crippen molar-refractivity contribution < 1.29 is 13.2 Å². The van der Waals surface area contributed by atoms with Crippen molar-refractivity contribution in [2.75, 3.05) is 0 Å². The fourth-order valence-corrected chi connectivity index (χ4v) is 2.01. The number of hydrogen-bond acceptors (Lipinski definition) is 0. The first-order valence-corrected chi connectivity index (χ1v) is 5.75. The number of halogens is 3. The van der Waals surface area contributed by atoms with Crippen molar-refractivity contribution >= 4 is 0 Å². The van der Waals surface area contributed by atoms with Crippen LogP contribution in [0.4, 0.5) is 13.2 Å². The first-order valence-electron chi connectivity index (χ1n) is 5.75. The minimum Gasteiger partial charge on any atom is -0.320 e. The van der Waals surface area contributed by atoms with Crippen LogP contribution in [0.2, 0.25) is 0 Å². The molecule has 96 valence electrons. The molecule has 0 spiro atoms. The highest BCUT2D eigenvalue weighted by molar-refractivity contribution is 5.45. The van der Waals surface area contributed by atoms with E-state index in [-0.39, 0.29) is 11.6 Å². The van der Waals surface area contributed by atoms with Gasteiger partial charge in [-0.15, -0.1) is 0 Å². The topological polar surface area (TPSA) is 4.93 Å². The van der Waals surface area contributed by atoms with Gasteiger partial charge in [-0.25, -0.2) is 0 Å². The molecule has 4 heteroatoms. The van der Waals surface area contributed by atoms with Gasteiger partial charge in [0.2, 0.25) is 0 Å². The van der Waals surface area contributed by atoms with Crippen molar-refractivity contribution in [2.45, 2.75) is 25.9 Å². The third-order valence-corrected chi connectivity index (χ3v) is 2.84. The van der Waals surface area contributed by atoms with Crippen molar-refractivity contribution in [1.29, 1.82) is 0 Å². The maximum Gasteiger partial charge on any atom is 0.418 e. The first kappa shape index (κ1) is 12.7. The molecule has 0 unspecified atom stereocenters. The van der Waals surface area contributed by atoms with Crippen LogP contribution in [0.3, 0.4) is 0 Å². The highest BCUT2D eigenvalue weighted by Crippen LogP contribution is 2.34. The van der Waals surface area contributed by atoms with E-state index in [1.165, 1.54) is 12.1 Å². The van der Waals surface area contributed by atoms with Gasteiger partial charge in [-0.1, -0.05) is 26.0 Å². The number of alkyl halides is 3. The van der Waals surface area contributed by atoms with Gasteiger partial charge in [0, 0.05) is 11.9 Å². The molecule has 18 heavy (non-hydrogen) atoms. The fourth-order valence-electron chi connectivity index (χ4n) is 2.01. The second-order valence-electron chi connectivity index (χ2n) is 4.47. The van der Waals surface area contributed by atoms with E-state index in [1.807, 2.05) is 19.9 Å². The van der Waals surface area contributed by atoms with Gasteiger partial charge in [-0.3, -0.25) is 0 Å². The number of aromatic nitrogens is 1. The minimum atomic E-state index is -4.34. The largest absolute Gasteiger partial charge is 0.418 e. The van der Waals surface area contributed by atoms with E-state index in [4.69, 9.17) is 0 Å². The fraction of sp³-hybridized carbons (Fsp3) is 0.286. The van der Waals surface area contributed by atoms with Gasteiger partial charge in [-0.2, -0.15) is 13.2 Å². The number of hydrogen-bond donors (Lipinski definition) is 0. The Bertz CT molecular complexity index is 538. The lowest BCUT2D eigenvalue weighted by Gasteiger charge is -2.17. The number of rotatable bonds is 2. The summed E-state index contributed by atoms with van der Waals surface area (Å²) in [5.74, 6) is 0.168. The summed E-state index contributed by atoms with van der Waals surface area (Å²) < 4.78 is 40.5. The molecular weight excluding hydrogens is 239 g/mol. The van der Waals surface area contributed by atoms with Crippen LogP contribution in [-0.2, 0) is 6.18 Å². The van der Waals surface area contributed by atoms with Gasteiger partial charge >= 0.3 is 6.18 Å². The molecule has 0 bridgehead atoms. The first-order chi connectivity index (χ1) is 8.41. The molecule has 0 aliphatic rings. The summed E-state index contributed by atoms with van der Waals surface area (Å²) in [6.45, 7) is 3.92. The standard InChI is InChI=1S/C14H14F3N/c1-10(2)12-8-5-9-18(12)13-7-4-3-6-11(13)14(15,16)17/h3-10H,1-2H3. The average Bonchev–Trinajstić information content (AvgIpc) is 2.76. The molecule has 1 nitrogen and oxygen atoms in total. The molecule has 0 amide bonds. The molecule has 0 saturated heterocycles. The van der Waals surface area contributed by atoms with Crippen molar-refractivity contribution in [3.8, 4) is 5.69 Å². The Labute approximate surface area is 104 Å². The minimum absolute atomic E-state index is 0.168. The van der Waals surface area contributed by atoms with Crippen molar-refractivity contribution in [3.05, 3.63) is 53.9 Å². The Balaban J connectivity index is 2.61. The molecule has 0 fully saturated rings. The van der Waals surface area contributed by atoms with E-state index in [2.05, 4.69) is 0 Å². The molecule has 1 heterocycles. The number of benzene rings is 1. The number of para-hydroxylation sites is 1. The molecule has 0 aliphatic heterocycles. The van der Waals surface area contributed by atoms with E-state index < -0.39 is 11.7 Å². The smallest absolute Gasteiger partial charge is 0.320 e. The SMILES string of the molecule is CC(C)c1cccn1-c1ccccc1C(F)(F)F. The molecule has 1 aromatic carbocycles. The molecule has 2 aromatic rings. The van der Waals surface area contributed by atoms with E-state index in [0.717, 1.165) is 11.8 Å². The summed E-state index contributed by atoms with van der Waals surface area (Å²) in [7, 11) is 0. The second kappa shape index (κ2) is 4.52. The summed E-state index contributed by atoms with van der Waals surface area (Å²) in [5, 5.41) is 0. The summed E-state index contributed by atoms with van der Waals surface area (Å²) in [4.78, 5) is 0. The van der Waals surface area contributed by atoms with Gasteiger partial charge in [-0.05, 0) is 30.2 Å². The van der Waals surface area contributed by atoms with Gasteiger partial charge in [0.1, 0.15) is 0 Å². The van der Waals surface area contributed by atoms with Crippen LogP contribution in [0.25, 0.3) is 5.69 Å². The molecule has 2 rings (SSSR count). The summed E-state index contributed by atoms with van der Waals surface area (Å²) in [5.41, 5.74) is 0.438. The predicted molar refractivity (Wildman–Crippen MR) is 64.9 cm³/mol. The molecule has 0 radical (unpaired) electrons. The summed E-state index contributed by atoms with van der Waals surface area (Å²) >= 11 is 0. The second-order valence-corrected chi connectivity index (χ2v) is 4.47. The van der Waals surface area contributed by atoms with E-state index in [9.17, 15) is 13.2 Å². The lowest BCUT2D eigenvalue weighted by Crippen LogP contribution is -2.11. The molecule has 1 aromatic heterocycles. The predicted octanol–water partition coefficient (Wildman–Crippen LogP) is 4.62. The molecule has 0 N–H and O–H groups in total. The molecule has 0 aliphatic carbocycles. The van der Waals surface area contributed by atoms with Crippen LogP contribution < -0.4 is 0 Å². The maximum absolute atomic E-state index is 13.0. The van der Waals surface area contributed by atoms with E-state index in [1.54, 1.807) is 22.9 Å². The third kappa shape index (κ3) is 2.28. The molecular formula is C14H14F3N. The zero-order valence-electron chi connectivity index (χ0n) is 10.2. The lowest BCUT2D eigenvalue weighted by molar-refractivity contribution is -0.137. The third-order valence-electron chi connectivity index (χ3n) is 2.84. The summed E-state index contributed by atoms with van der Waals surface area (Å²) in [6.07, 6.45) is -2.67. The Morgan fingerprint density at radius 1 is 1.00 bits per heavy atom. The molecule has 0 saturated carbocycles. The zero-order chi connectivity index (χ0) is 13.3.